The molecule has 0 saturated carbocycles. The van der Waals surface area contributed by atoms with E-state index in [0.717, 1.165) is 15.4 Å². The van der Waals surface area contributed by atoms with E-state index in [0.29, 0.717) is 43.8 Å². The zero-order chi connectivity index (χ0) is 24.9. The Balaban J connectivity index is 1.46. The van der Waals surface area contributed by atoms with Gasteiger partial charge < -0.3 is 13.9 Å². The van der Waals surface area contributed by atoms with Gasteiger partial charge >= 0.3 is 5.91 Å². The molecule has 10 heteroatoms. The maximum Gasteiger partial charge on any atom is 0.307 e. The molecule has 1 aromatic heterocycles. The number of fused-ring (bicyclic) bond motifs is 1. The molecule has 4 aromatic rings. The van der Waals surface area contributed by atoms with Gasteiger partial charge in [0.25, 0.3) is 0 Å². The number of hydrogen-bond donors (Lipinski definition) is 1. The summed E-state index contributed by atoms with van der Waals surface area (Å²) in [5, 5.41) is 5.81. The molecular formula is C25H18Br2Cl2N2O4. The molecule has 35 heavy (non-hydrogen) atoms. The summed E-state index contributed by atoms with van der Waals surface area (Å²) in [5.41, 5.74) is 4.65. The smallest absolute Gasteiger partial charge is 0.307 e. The number of ether oxygens (including phenoxy) is 2. The lowest BCUT2D eigenvalue weighted by molar-refractivity contribution is 0.0929. The number of rotatable bonds is 8. The zero-order valence-corrected chi connectivity index (χ0v) is 23.0. The molecule has 6 nitrogen and oxygen atoms in total. The topological polar surface area (TPSA) is 73.1 Å². The van der Waals surface area contributed by atoms with Crippen LogP contribution in [0.4, 0.5) is 0 Å². The molecule has 4 rings (SSSR count). The lowest BCUT2D eigenvalue weighted by Crippen LogP contribution is -2.16. The molecule has 0 atom stereocenters. The average Bonchev–Trinajstić information content (AvgIpc) is 3.24. The van der Waals surface area contributed by atoms with Gasteiger partial charge in [0.15, 0.2) is 17.3 Å². The molecule has 0 aliphatic heterocycles. The third kappa shape index (κ3) is 6.38. The molecule has 1 heterocycles. The van der Waals surface area contributed by atoms with E-state index in [1.165, 1.54) is 6.21 Å². The van der Waals surface area contributed by atoms with Crippen LogP contribution < -0.4 is 14.9 Å². The molecule has 0 spiro atoms. The summed E-state index contributed by atoms with van der Waals surface area (Å²) in [6.45, 7) is 2.59. The van der Waals surface area contributed by atoms with Gasteiger partial charge in [-0.05, 0) is 82.5 Å². The lowest BCUT2D eigenvalue weighted by Gasteiger charge is -2.15. The number of furan rings is 1. The molecule has 3 aromatic carbocycles. The second kappa shape index (κ2) is 11.5. The van der Waals surface area contributed by atoms with Crippen molar-refractivity contribution in [2.24, 2.45) is 5.10 Å². The van der Waals surface area contributed by atoms with Crippen LogP contribution in [0.5, 0.6) is 11.5 Å². The van der Waals surface area contributed by atoms with Crippen molar-refractivity contribution in [1.82, 2.24) is 5.43 Å². The number of hydrogen-bond acceptors (Lipinski definition) is 5. The molecule has 0 bridgehead atoms. The first-order valence-corrected chi connectivity index (χ1v) is 12.7. The highest BCUT2D eigenvalue weighted by molar-refractivity contribution is 9.10. The number of benzene rings is 3. The van der Waals surface area contributed by atoms with Gasteiger partial charge in [-0.2, -0.15) is 5.10 Å². The van der Waals surface area contributed by atoms with E-state index in [-0.39, 0.29) is 12.4 Å². The van der Waals surface area contributed by atoms with Crippen molar-refractivity contribution in [2.45, 2.75) is 13.5 Å². The Labute approximate surface area is 228 Å². The number of halogens is 4. The van der Waals surface area contributed by atoms with E-state index in [1.807, 2.05) is 25.1 Å². The van der Waals surface area contributed by atoms with E-state index < -0.39 is 5.91 Å². The van der Waals surface area contributed by atoms with Gasteiger partial charge in [0.2, 0.25) is 0 Å². The normalized spacial score (nSPS) is 11.2. The minimum absolute atomic E-state index is 0.164. The summed E-state index contributed by atoms with van der Waals surface area (Å²) in [7, 11) is 0. The molecule has 0 aliphatic rings. The van der Waals surface area contributed by atoms with Crippen molar-refractivity contribution in [1.29, 1.82) is 0 Å². The van der Waals surface area contributed by atoms with E-state index in [4.69, 9.17) is 37.1 Å². The second-order valence-corrected chi connectivity index (χ2v) is 9.88. The third-order valence-corrected chi connectivity index (χ3v) is 6.60. The largest absolute Gasteiger partial charge is 0.490 e. The predicted octanol–water partition coefficient (Wildman–Crippen LogP) is 8.01. The van der Waals surface area contributed by atoms with Gasteiger partial charge in [-0.25, -0.2) is 5.43 Å². The van der Waals surface area contributed by atoms with Crippen molar-refractivity contribution in [3.05, 3.63) is 90.5 Å². The maximum atomic E-state index is 12.4. The third-order valence-electron chi connectivity index (χ3n) is 4.78. The Bertz CT molecular complexity index is 1420. The zero-order valence-electron chi connectivity index (χ0n) is 18.3. The Morgan fingerprint density at radius 3 is 2.66 bits per heavy atom. The Morgan fingerprint density at radius 1 is 1.06 bits per heavy atom. The van der Waals surface area contributed by atoms with Gasteiger partial charge in [-0.3, -0.25) is 4.79 Å². The molecule has 0 radical (unpaired) electrons. The van der Waals surface area contributed by atoms with Gasteiger partial charge in [-0.15, -0.1) is 0 Å². The van der Waals surface area contributed by atoms with Crippen molar-refractivity contribution in [3.8, 4) is 11.5 Å². The Kier molecular flexibility index (Phi) is 8.38. The number of carbonyl (C=O) groups is 1. The van der Waals surface area contributed by atoms with Crippen LogP contribution in [0, 0.1) is 0 Å². The van der Waals surface area contributed by atoms with Gasteiger partial charge in [0.1, 0.15) is 12.2 Å². The first kappa shape index (κ1) is 25.6. The second-order valence-electron chi connectivity index (χ2n) is 7.29. The molecule has 0 saturated heterocycles. The van der Waals surface area contributed by atoms with E-state index in [1.54, 1.807) is 36.4 Å². The van der Waals surface area contributed by atoms with Crippen molar-refractivity contribution < 1.29 is 18.7 Å². The molecule has 1 N–H and O–H groups in total. The highest BCUT2D eigenvalue weighted by atomic mass is 79.9. The maximum absolute atomic E-state index is 12.4. The van der Waals surface area contributed by atoms with Crippen LogP contribution in [0.3, 0.4) is 0 Å². The minimum atomic E-state index is -0.459. The van der Waals surface area contributed by atoms with E-state index in [2.05, 4.69) is 42.4 Å². The van der Waals surface area contributed by atoms with E-state index in [9.17, 15) is 4.79 Å². The predicted molar refractivity (Wildman–Crippen MR) is 145 cm³/mol. The van der Waals surface area contributed by atoms with E-state index >= 15 is 0 Å². The molecule has 0 aliphatic carbocycles. The highest BCUT2D eigenvalue weighted by Crippen LogP contribution is 2.37. The van der Waals surface area contributed by atoms with Crippen LogP contribution >= 0.6 is 55.1 Å². The average molecular weight is 641 g/mol. The number of hydrazone groups is 1. The molecule has 0 fully saturated rings. The number of nitrogens with zero attached hydrogens (tertiary/aromatic N) is 1. The highest BCUT2D eigenvalue weighted by Gasteiger charge is 2.14. The summed E-state index contributed by atoms with van der Waals surface area (Å²) < 4.78 is 18.9. The van der Waals surface area contributed by atoms with Crippen molar-refractivity contribution >= 4 is 78.2 Å². The van der Waals surface area contributed by atoms with Crippen LogP contribution in [0.15, 0.2) is 73.1 Å². The Hall–Kier alpha value is -2.52. The fourth-order valence-corrected chi connectivity index (χ4v) is 4.47. The molecule has 1 amide bonds. The summed E-state index contributed by atoms with van der Waals surface area (Å²) in [6.07, 6.45) is 1.51. The van der Waals surface area contributed by atoms with Crippen LogP contribution in [-0.4, -0.2) is 18.7 Å². The molecular weight excluding hydrogens is 623 g/mol. The summed E-state index contributed by atoms with van der Waals surface area (Å²) >= 11 is 19.0. The Morgan fingerprint density at radius 2 is 1.89 bits per heavy atom. The van der Waals surface area contributed by atoms with Crippen LogP contribution in [0.25, 0.3) is 11.0 Å². The summed E-state index contributed by atoms with van der Waals surface area (Å²) in [5.74, 6) is 0.766. The van der Waals surface area contributed by atoms with Gasteiger partial charge in [0, 0.05) is 9.86 Å². The SMILES string of the molecule is CCOc1cc(/C=N/NC(=O)c2cc3cc(Br)ccc3o2)cc(Br)c1OCc1ccc(Cl)c(Cl)c1. The van der Waals surface area contributed by atoms with Crippen LogP contribution in [0.1, 0.15) is 28.6 Å². The minimum Gasteiger partial charge on any atom is -0.490 e. The monoisotopic (exact) mass is 638 g/mol. The molecule has 0 unspecified atom stereocenters. The van der Waals surface area contributed by atoms with Crippen LogP contribution in [-0.2, 0) is 6.61 Å². The molecule has 180 valence electrons. The number of carbonyl (C=O) groups excluding carboxylic acids is 1. The van der Waals surface area contributed by atoms with Crippen molar-refractivity contribution in [3.63, 3.8) is 0 Å². The van der Waals surface area contributed by atoms with Gasteiger partial charge in [0.05, 0.1) is 27.3 Å². The van der Waals surface area contributed by atoms with Gasteiger partial charge in [-0.1, -0.05) is 45.2 Å². The number of nitrogens with one attached hydrogen (secondary N) is 1. The van der Waals surface area contributed by atoms with Crippen molar-refractivity contribution in [2.75, 3.05) is 6.61 Å². The quantitative estimate of drug-likeness (QED) is 0.156. The first-order chi connectivity index (χ1) is 16.8. The summed E-state index contributed by atoms with van der Waals surface area (Å²) in [6, 6.07) is 16.1. The lowest BCUT2D eigenvalue weighted by atomic mass is 10.2. The fraction of sp³-hybridized carbons (Fsp3) is 0.120. The summed E-state index contributed by atoms with van der Waals surface area (Å²) in [4.78, 5) is 12.4. The number of amides is 1. The standard InChI is InChI=1S/C25H18Br2Cl2N2O4/c1-2-33-22-9-15(7-18(27)24(22)34-13-14-3-5-19(28)20(29)8-14)12-30-31-25(32)23-11-16-10-17(26)4-6-21(16)35-23/h3-12H,2,13H2,1H3,(H,31,32)/b30-12+. The fourth-order valence-electron chi connectivity index (χ4n) is 3.20. The van der Waals surface area contributed by atoms with Crippen LogP contribution in [0.2, 0.25) is 10.0 Å². The first-order valence-electron chi connectivity index (χ1n) is 10.4.